The van der Waals surface area contributed by atoms with Gasteiger partial charge in [-0.3, -0.25) is 0 Å². The van der Waals surface area contributed by atoms with Gasteiger partial charge >= 0.3 is 147 Å². The number of hydrogen-bond donors (Lipinski definition) is 0. The van der Waals surface area contributed by atoms with Gasteiger partial charge < -0.3 is 0 Å². The monoisotopic (exact) mass is 385 g/mol. The second kappa shape index (κ2) is 7.19. The minimum atomic E-state index is -1.39. The van der Waals surface area contributed by atoms with Gasteiger partial charge in [-0.1, -0.05) is 0 Å². The van der Waals surface area contributed by atoms with Crippen molar-refractivity contribution in [1.29, 1.82) is 0 Å². The van der Waals surface area contributed by atoms with E-state index < -0.39 is 20.5 Å². The van der Waals surface area contributed by atoms with Gasteiger partial charge in [0.2, 0.25) is 0 Å². The Morgan fingerprint density at radius 3 is 1.74 bits per heavy atom. The molecule has 0 aliphatic rings. The number of nitrogens with zero attached hydrogens (tertiary/aromatic N) is 1. The first-order valence-corrected chi connectivity index (χ1v) is 16.3. The normalized spacial score (nSPS) is 14.6. The number of aliphatic imine (C=N–C) groups is 1. The van der Waals surface area contributed by atoms with E-state index in [1.807, 2.05) is 0 Å². The van der Waals surface area contributed by atoms with Gasteiger partial charge in [-0.15, -0.1) is 0 Å². The third kappa shape index (κ3) is 4.93. The summed E-state index contributed by atoms with van der Waals surface area (Å²) in [6.45, 7) is 13.1. The molecule has 0 bridgehead atoms. The Bertz CT molecular complexity index is 652. The molecular weight excluding hydrogens is 357 g/mol. The van der Waals surface area contributed by atoms with Crippen molar-refractivity contribution >= 4 is 35.1 Å². The van der Waals surface area contributed by atoms with Crippen LogP contribution in [0.2, 0.25) is 19.6 Å². The molecule has 0 aliphatic carbocycles. The van der Waals surface area contributed by atoms with Crippen molar-refractivity contribution in [1.82, 2.24) is 0 Å². The van der Waals surface area contributed by atoms with E-state index in [4.69, 9.17) is 4.99 Å². The SMILES string of the molecule is CC(C)(C)C(=Nc1ccccc1)[As](c1ccccc1)[Si](C)(C)C. The Hall–Kier alpha value is -1.11. The zero-order valence-corrected chi connectivity index (χ0v) is 18.0. The summed E-state index contributed by atoms with van der Waals surface area (Å²) in [5, 5.41) is 0. The molecule has 1 unspecified atom stereocenters. The van der Waals surface area contributed by atoms with Gasteiger partial charge in [0.1, 0.15) is 0 Å². The second-order valence-electron chi connectivity index (χ2n) is 7.86. The maximum atomic E-state index is 5.19. The molecular formula is C20H28AsNSi. The van der Waals surface area contributed by atoms with Crippen LogP contribution in [-0.2, 0) is 0 Å². The third-order valence-corrected chi connectivity index (χ3v) is 20.0. The summed E-state index contributed by atoms with van der Waals surface area (Å²) >= 11 is -1.39. The van der Waals surface area contributed by atoms with Gasteiger partial charge in [-0.25, -0.2) is 0 Å². The molecule has 1 atom stereocenters. The number of rotatable bonds is 4. The van der Waals surface area contributed by atoms with Crippen molar-refractivity contribution in [2.75, 3.05) is 0 Å². The fourth-order valence-corrected chi connectivity index (χ4v) is 19.0. The van der Waals surface area contributed by atoms with Crippen molar-refractivity contribution in [3.8, 4) is 0 Å². The van der Waals surface area contributed by atoms with Gasteiger partial charge in [0.15, 0.2) is 0 Å². The average molecular weight is 385 g/mol. The molecule has 2 aromatic rings. The molecule has 0 aromatic heterocycles. The molecule has 3 heteroatoms. The summed E-state index contributed by atoms with van der Waals surface area (Å²) in [6, 6.07) is 21.6. The molecule has 0 spiro atoms. The van der Waals surface area contributed by atoms with Gasteiger partial charge in [0.05, 0.1) is 0 Å². The summed E-state index contributed by atoms with van der Waals surface area (Å²) in [4.78, 5) is 5.19. The fourth-order valence-electron chi connectivity index (χ4n) is 2.58. The Labute approximate surface area is 146 Å². The van der Waals surface area contributed by atoms with Crippen LogP contribution in [0, 0.1) is 5.41 Å². The van der Waals surface area contributed by atoms with Crippen LogP contribution < -0.4 is 4.35 Å². The number of hydrogen-bond acceptors (Lipinski definition) is 1. The molecule has 0 N–H and O–H groups in total. The molecule has 0 radical (unpaired) electrons. The summed E-state index contributed by atoms with van der Waals surface area (Å²) < 4.78 is 2.99. The van der Waals surface area contributed by atoms with Crippen molar-refractivity contribution < 1.29 is 0 Å². The minimum absolute atomic E-state index is 0.103. The van der Waals surface area contributed by atoms with E-state index >= 15 is 0 Å². The van der Waals surface area contributed by atoms with Crippen LogP contribution in [0.15, 0.2) is 65.7 Å². The summed E-state index contributed by atoms with van der Waals surface area (Å²) in [6.07, 6.45) is 0. The van der Waals surface area contributed by atoms with Crippen LogP contribution in [0.3, 0.4) is 0 Å². The Kier molecular flexibility index (Phi) is 5.70. The Balaban J connectivity index is 2.62. The summed E-state index contributed by atoms with van der Waals surface area (Å²) in [5.41, 5.74) is 1.19. The van der Waals surface area contributed by atoms with Crippen LogP contribution in [0.5, 0.6) is 0 Å². The first-order valence-electron chi connectivity index (χ1n) is 8.19. The Morgan fingerprint density at radius 2 is 1.30 bits per heavy atom. The Morgan fingerprint density at radius 1 is 0.826 bits per heavy atom. The van der Waals surface area contributed by atoms with E-state index in [2.05, 4.69) is 101 Å². The van der Waals surface area contributed by atoms with Crippen LogP contribution in [0.1, 0.15) is 20.8 Å². The molecule has 0 amide bonds. The summed E-state index contributed by atoms with van der Waals surface area (Å²) in [7, 11) is 0. The fraction of sp³-hybridized carbons (Fsp3) is 0.350. The molecule has 0 aliphatic heterocycles. The predicted molar refractivity (Wildman–Crippen MR) is 108 cm³/mol. The molecule has 0 heterocycles. The van der Waals surface area contributed by atoms with Gasteiger partial charge in [-0.2, -0.15) is 0 Å². The van der Waals surface area contributed by atoms with Gasteiger partial charge in [0, 0.05) is 0 Å². The van der Waals surface area contributed by atoms with Gasteiger partial charge in [0.25, 0.3) is 0 Å². The van der Waals surface area contributed by atoms with Crippen LogP contribution in [0.4, 0.5) is 5.69 Å². The van der Waals surface area contributed by atoms with E-state index in [1.165, 1.54) is 4.50 Å². The van der Waals surface area contributed by atoms with Crippen molar-refractivity contribution in [3.63, 3.8) is 0 Å². The number of benzene rings is 2. The molecule has 0 fully saturated rings. The molecule has 0 saturated carbocycles. The number of para-hydroxylation sites is 1. The van der Waals surface area contributed by atoms with E-state index in [0.717, 1.165) is 5.69 Å². The zero-order chi connectivity index (χ0) is 17.1. The third-order valence-electron chi connectivity index (χ3n) is 3.56. The first kappa shape index (κ1) is 18.2. The predicted octanol–water partition coefficient (Wildman–Crippen LogP) is 5.16. The summed E-state index contributed by atoms with van der Waals surface area (Å²) in [5.74, 6) is 0. The quantitative estimate of drug-likeness (QED) is 0.509. The van der Waals surface area contributed by atoms with Crippen LogP contribution >= 0.6 is 0 Å². The average Bonchev–Trinajstić information content (AvgIpc) is 2.46. The maximum absolute atomic E-state index is 5.19. The topological polar surface area (TPSA) is 12.4 Å². The zero-order valence-electron chi connectivity index (χ0n) is 15.2. The van der Waals surface area contributed by atoms with Crippen LogP contribution in [-0.4, -0.2) is 25.0 Å². The standard InChI is InChI=1S/C20H28AsNSi/c1-20(2,3)19(22-18-15-11-8-12-16-18)21(23(4,5)6)17-13-9-7-10-14-17/h7-16H,1-6H3. The molecule has 2 aromatic carbocycles. The molecule has 1 nitrogen and oxygen atoms in total. The van der Waals surface area contributed by atoms with Crippen LogP contribution in [0.25, 0.3) is 0 Å². The first-order chi connectivity index (χ1) is 10.7. The molecule has 23 heavy (non-hydrogen) atoms. The molecule has 2 rings (SSSR count). The van der Waals surface area contributed by atoms with Gasteiger partial charge in [-0.05, 0) is 0 Å². The van der Waals surface area contributed by atoms with Crippen molar-refractivity contribution in [2.24, 2.45) is 10.4 Å². The second-order valence-corrected chi connectivity index (χ2v) is 26.4. The van der Waals surface area contributed by atoms with E-state index in [9.17, 15) is 0 Å². The molecule has 0 saturated heterocycles. The van der Waals surface area contributed by atoms with E-state index in [0.29, 0.717) is 0 Å². The molecule has 122 valence electrons. The van der Waals surface area contributed by atoms with E-state index in [-0.39, 0.29) is 5.41 Å². The van der Waals surface area contributed by atoms with Crippen molar-refractivity contribution in [2.45, 2.75) is 40.4 Å². The van der Waals surface area contributed by atoms with E-state index in [1.54, 1.807) is 4.35 Å². The van der Waals surface area contributed by atoms with Crippen molar-refractivity contribution in [3.05, 3.63) is 60.7 Å².